The lowest BCUT2D eigenvalue weighted by atomic mass is 10.2. The van der Waals surface area contributed by atoms with E-state index >= 15 is 0 Å². The number of rotatable bonds is 2. The first-order chi connectivity index (χ1) is 7.64. The van der Waals surface area contributed by atoms with Crippen LogP contribution in [0.2, 0.25) is 0 Å². The Labute approximate surface area is 95.4 Å². The van der Waals surface area contributed by atoms with E-state index < -0.39 is 23.5 Å². The molecule has 4 nitrogen and oxygen atoms in total. The van der Waals surface area contributed by atoms with E-state index in [4.69, 9.17) is 5.11 Å². The van der Waals surface area contributed by atoms with Gasteiger partial charge in [-0.15, -0.1) is 0 Å². The Kier molecular flexibility index (Phi) is 3.30. The van der Waals surface area contributed by atoms with Gasteiger partial charge in [-0.1, -0.05) is 5.57 Å². The topological polar surface area (TPSA) is 55.1 Å². The van der Waals surface area contributed by atoms with Crippen LogP contribution in [0.4, 0.5) is 13.2 Å². The van der Waals surface area contributed by atoms with Gasteiger partial charge < -0.3 is 5.11 Å². The number of carboxylic acid groups (broad SMARTS) is 1. The van der Waals surface area contributed by atoms with E-state index in [1.165, 1.54) is 6.92 Å². The van der Waals surface area contributed by atoms with Gasteiger partial charge in [-0.3, -0.25) is 0 Å². The van der Waals surface area contributed by atoms with Crippen molar-refractivity contribution in [3.05, 3.63) is 23.0 Å². The maximum Gasteiger partial charge on any atom is 0.435 e. The normalized spacial score (nSPS) is 11.4. The van der Waals surface area contributed by atoms with Crippen LogP contribution >= 0.6 is 0 Å². The molecule has 0 radical (unpaired) electrons. The second kappa shape index (κ2) is 4.23. The van der Waals surface area contributed by atoms with Crippen molar-refractivity contribution in [1.29, 1.82) is 0 Å². The summed E-state index contributed by atoms with van der Waals surface area (Å²) in [6, 6.07) is 0.523. The molecule has 0 aromatic carbocycles. The monoisotopic (exact) mass is 248 g/mol. The third-order valence-electron chi connectivity index (χ3n) is 2.26. The predicted octanol–water partition coefficient (Wildman–Crippen LogP) is 2.87. The summed E-state index contributed by atoms with van der Waals surface area (Å²) in [5.41, 5.74) is -0.672. The summed E-state index contributed by atoms with van der Waals surface area (Å²) in [6.07, 6.45) is -4.66. The van der Waals surface area contributed by atoms with Crippen molar-refractivity contribution < 1.29 is 23.1 Å². The summed E-state index contributed by atoms with van der Waals surface area (Å²) in [7, 11) is 0. The van der Waals surface area contributed by atoms with Crippen LogP contribution in [-0.2, 0) is 6.18 Å². The predicted molar refractivity (Wildman–Crippen MR) is 54.4 cm³/mol. The van der Waals surface area contributed by atoms with E-state index in [-0.39, 0.29) is 0 Å². The lowest BCUT2D eigenvalue weighted by Gasteiger charge is -2.06. The highest BCUT2D eigenvalue weighted by atomic mass is 19.4. The Hall–Kier alpha value is -1.79. The molecule has 94 valence electrons. The summed E-state index contributed by atoms with van der Waals surface area (Å²) < 4.78 is 38.1. The number of halogens is 3. The molecule has 17 heavy (non-hydrogen) atoms. The smallest absolute Gasteiger partial charge is 0.435 e. The molecule has 0 bridgehead atoms. The van der Waals surface area contributed by atoms with Crippen LogP contribution in [-0.4, -0.2) is 20.9 Å². The molecule has 0 amide bonds. The fourth-order valence-corrected chi connectivity index (χ4v) is 1.14. The van der Waals surface area contributed by atoms with Gasteiger partial charge in [-0.25, -0.2) is 9.48 Å². The van der Waals surface area contributed by atoms with Crippen LogP contribution in [0.3, 0.4) is 0 Å². The van der Waals surface area contributed by atoms with Crippen LogP contribution in [0, 0.1) is 0 Å². The summed E-state index contributed by atoms with van der Waals surface area (Å²) in [5, 5.41) is 12.1. The van der Waals surface area contributed by atoms with Gasteiger partial charge in [0, 0.05) is 11.8 Å². The average molecular weight is 248 g/mol. The Morgan fingerprint density at radius 1 is 1.35 bits per heavy atom. The zero-order valence-corrected chi connectivity index (χ0v) is 9.46. The summed E-state index contributed by atoms with van der Waals surface area (Å²) in [6.45, 7) is 4.83. The minimum absolute atomic E-state index is 0.359. The van der Waals surface area contributed by atoms with E-state index in [1.54, 1.807) is 13.8 Å². The zero-order chi connectivity index (χ0) is 13.4. The maximum atomic E-state index is 12.4. The third-order valence-corrected chi connectivity index (χ3v) is 2.26. The molecule has 0 atom stereocenters. The molecule has 1 rings (SSSR count). The Morgan fingerprint density at radius 2 is 1.88 bits per heavy atom. The highest BCUT2D eigenvalue weighted by molar-refractivity contribution is 5.87. The SMILES string of the molecule is CC(C)=C(C)n1nc(C(F)(F)F)cc1C(=O)O. The van der Waals surface area contributed by atoms with Crippen LogP contribution in [0.15, 0.2) is 11.6 Å². The second-order valence-electron chi connectivity index (χ2n) is 3.71. The van der Waals surface area contributed by atoms with Gasteiger partial charge in [-0.05, 0) is 20.8 Å². The molecule has 0 aliphatic heterocycles. The van der Waals surface area contributed by atoms with E-state index in [9.17, 15) is 18.0 Å². The molecule has 1 aromatic heterocycles. The van der Waals surface area contributed by atoms with E-state index in [2.05, 4.69) is 5.10 Å². The van der Waals surface area contributed by atoms with Gasteiger partial charge in [0.1, 0.15) is 0 Å². The molecule has 0 saturated carbocycles. The van der Waals surface area contributed by atoms with Gasteiger partial charge in [0.05, 0.1) is 0 Å². The minimum atomic E-state index is -4.66. The number of hydrogen-bond donors (Lipinski definition) is 1. The van der Waals surface area contributed by atoms with Gasteiger partial charge in [0.15, 0.2) is 11.4 Å². The third kappa shape index (κ3) is 2.66. The van der Waals surface area contributed by atoms with Crippen LogP contribution in [0.25, 0.3) is 5.70 Å². The molecule has 0 aliphatic rings. The van der Waals surface area contributed by atoms with Crippen molar-refractivity contribution in [3.63, 3.8) is 0 Å². The fourth-order valence-electron chi connectivity index (χ4n) is 1.14. The standard InChI is InChI=1S/C10H11F3N2O2/c1-5(2)6(3)15-7(9(16)17)4-8(14-15)10(11,12)13/h4H,1-3H3,(H,16,17). The first kappa shape index (κ1) is 13.3. The number of carboxylic acids is 1. The van der Waals surface area contributed by atoms with Gasteiger partial charge in [0.25, 0.3) is 0 Å². The average Bonchev–Trinajstić information content (AvgIpc) is 2.59. The van der Waals surface area contributed by atoms with Gasteiger partial charge >= 0.3 is 12.1 Å². The second-order valence-corrected chi connectivity index (χ2v) is 3.71. The number of carbonyl (C=O) groups is 1. The highest BCUT2D eigenvalue weighted by Gasteiger charge is 2.36. The first-order valence-corrected chi connectivity index (χ1v) is 4.69. The summed E-state index contributed by atoms with van der Waals surface area (Å²) >= 11 is 0. The van der Waals surface area contributed by atoms with Crippen LogP contribution in [0.5, 0.6) is 0 Å². The Bertz CT molecular complexity index is 482. The lowest BCUT2D eigenvalue weighted by molar-refractivity contribution is -0.141. The summed E-state index contributed by atoms with van der Waals surface area (Å²) in [5.74, 6) is -1.45. The van der Waals surface area contributed by atoms with E-state index in [0.717, 1.165) is 4.68 Å². The molecular formula is C10H11F3N2O2. The molecule has 7 heteroatoms. The van der Waals surface area contributed by atoms with Crippen molar-refractivity contribution in [2.75, 3.05) is 0 Å². The maximum absolute atomic E-state index is 12.4. The van der Waals surface area contributed by atoms with Gasteiger partial charge in [-0.2, -0.15) is 18.3 Å². The number of hydrogen-bond acceptors (Lipinski definition) is 2. The quantitative estimate of drug-likeness (QED) is 0.875. The number of aromatic carboxylic acids is 1. The van der Waals surface area contributed by atoms with Crippen molar-refractivity contribution in [2.45, 2.75) is 26.9 Å². The Balaban J connectivity index is 3.45. The lowest BCUT2D eigenvalue weighted by Crippen LogP contribution is -2.10. The van der Waals surface area contributed by atoms with E-state index in [0.29, 0.717) is 17.3 Å². The van der Waals surface area contributed by atoms with E-state index in [1.807, 2.05) is 0 Å². The molecule has 1 heterocycles. The molecular weight excluding hydrogens is 237 g/mol. The van der Waals surface area contributed by atoms with Crippen molar-refractivity contribution in [1.82, 2.24) is 9.78 Å². The molecule has 0 spiro atoms. The number of alkyl halides is 3. The Morgan fingerprint density at radius 3 is 2.24 bits per heavy atom. The van der Waals surface area contributed by atoms with Crippen molar-refractivity contribution in [3.8, 4) is 0 Å². The highest BCUT2D eigenvalue weighted by Crippen LogP contribution is 2.29. The molecule has 0 aliphatic carbocycles. The first-order valence-electron chi connectivity index (χ1n) is 4.69. The minimum Gasteiger partial charge on any atom is -0.477 e. The zero-order valence-electron chi connectivity index (χ0n) is 9.46. The number of nitrogens with zero attached hydrogens (tertiary/aromatic N) is 2. The van der Waals surface area contributed by atoms with Crippen molar-refractivity contribution >= 4 is 11.7 Å². The molecule has 1 aromatic rings. The molecule has 1 N–H and O–H groups in total. The van der Waals surface area contributed by atoms with Crippen LogP contribution in [0.1, 0.15) is 37.0 Å². The van der Waals surface area contributed by atoms with Gasteiger partial charge in [0.2, 0.25) is 0 Å². The van der Waals surface area contributed by atoms with Crippen LogP contribution < -0.4 is 0 Å². The van der Waals surface area contributed by atoms with Crippen molar-refractivity contribution in [2.24, 2.45) is 0 Å². The molecule has 0 unspecified atom stereocenters. The summed E-state index contributed by atoms with van der Waals surface area (Å²) in [4.78, 5) is 10.8. The largest absolute Gasteiger partial charge is 0.477 e. The number of allylic oxidation sites excluding steroid dienone is 2. The molecule has 0 fully saturated rings. The molecule has 0 saturated heterocycles. The number of aromatic nitrogens is 2. The fraction of sp³-hybridized carbons (Fsp3) is 0.400.